The zero-order chi connectivity index (χ0) is 16.9. The minimum atomic E-state index is -0.941. The number of methoxy groups -OCH3 is 1. The van der Waals surface area contributed by atoms with Crippen LogP contribution in [0.4, 0.5) is 0 Å². The standard InChI is InChI=1S/C20H29NO2/c1-5-20(22)17(10-6-7-11-18(20)15-21(2)3)13-16-9-8-12-19(14-16)23-4/h5,8-9,12-14,18,22H,1,6-7,10-11,15H2,2-4H3/b17-13+. The van der Waals surface area contributed by atoms with Crippen LogP contribution < -0.4 is 4.74 Å². The second-order valence-corrected chi connectivity index (χ2v) is 6.68. The highest BCUT2D eigenvalue weighted by Gasteiger charge is 2.38. The van der Waals surface area contributed by atoms with E-state index in [1.54, 1.807) is 13.2 Å². The highest BCUT2D eigenvalue weighted by Crippen LogP contribution is 2.39. The van der Waals surface area contributed by atoms with Crippen LogP contribution in [-0.2, 0) is 0 Å². The average Bonchev–Trinajstić information content (AvgIpc) is 2.68. The summed E-state index contributed by atoms with van der Waals surface area (Å²) in [5.74, 6) is 1.01. The first-order valence-corrected chi connectivity index (χ1v) is 8.35. The molecule has 0 heterocycles. The largest absolute Gasteiger partial charge is 0.497 e. The minimum Gasteiger partial charge on any atom is -0.497 e. The van der Waals surface area contributed by atoms with Crippen molar-refractivity contribution in [3.8, 4) is 5.75 Å². The van der Waals surface area contributed by atoms with Gasteiger partial charge < -0.3 is 14.7 Å². The van der Waals surface area contributed by atoms with Crippen molar-refractivity contribution >= 4 is 6.08 Å². The van der Waals surface area contributed by atoms with Crippen LogP contribution in [0.15, 0.2) is 42.5 Å². The monoisotopic (exact) mass is 315 g/mol. The van der Waals surface area contributed by atoms with Gasteiger partial charge in [-0.1, -0.05) is 37.3 Å². The molecular weight excluding hydrogens is 286 g/mol. The number of benzene rings is 1. The van der Waals surface area contributed by atoms with Crippen molar-refractivity contribution < 1.29 is 9.84 Å². The molecule has 2 unspecified atom stereocenters. The van der Waals surface area contributed by atoms with Gasteiger partial charge in [0.05, 0.1) is 7.11 Å². The maximum absolute atomic E-state index is 11.4. The van der Waals surface area contributed by atoms with Gasteiger partial charge in [-0.05, 0) is 56.6 Å². The van der Waals surface area contributed by atoms with E-state index in [1.165, 1.54) is 0 Å². The van der Waals surface area contributed by atoms with E-state index < -0.39 is 5.60 Å². The van der Waals surface area contributed by atoms with Crippen LogP contribution in [0.1, 0.15) is 31.2 Å². The first kappa shape index (κ1) is 17.8. The highest BCUT2D eigenvalue weighted by atomic mass is 16.5. The van der Waals surface area contributed by atoms with Crippen LogP contribution in [-0.4, -0.2) is 43.4 Å². The predicted molar refractivity (Wildman–Crippen MR) is 96.6 cm³/mol. The average molecular weight is 315 g/mol. The maximum Gasteiger partial charge on any atom is 0.119 e. The third-order valence-corrected chi connectivity index (χ3v) is 4.72. The lowest BCUT2D eigenvalue weighted by molar-refractivity contribution is 0.0485. The molecule has 1 aliphatic carbocycles. The zero-order valence-corrected chi connectivity index (χ0v) is 14.6. The fraction of sp³-hybridized carbons (Fsp3) is 0.500. The van der Waals surface area contributed by atoms with Gasteiger partial charge in [0.2, 0.25) is 0 Å². The lowest BCUT2D eigenvalue weighted by Crippen LogP contribution is -2.42. The molecule has 1 aromatic carbocycles. The number of hydrogen-bond donors (Lipinski definition) is 1. The summed E-state index contributed by atoms with van der Waals surface area (Å²) in [5, 5.41) is 11.4. The Morgan fingerprint density at radius 1 is 1.39 bits per heavy atom. The Hall–Kier alpha value is -1.58. The fourth-order valence-corrected chi connectivity index (χ4v) is 3.48. The van der Waals surface area contributed by atoms with Crippen molar-refractivity contribution in [1.29, 1.82) is 0 Å². The Bertz CT molecular complexity index is 565. The normalized spacial score (nSPS) is 27.0. The van der Waals surface area contributed by atoms with Crippen LogP contribution in [0, 0.1) is 5.92 Å². The number of hydrogen-bond acceptors (Lipinski definition) is 3. The van der Waals surface area contributed by atoms with Crippen molar-refractivity contribution in [1.82, 2.24) is 4.90 Å². The third-order valence-electron chi connectivity index (χ3n) is 4.72. The molecule has 0 aliphatic heterocycles. The van der Waals surface area contributed by atoms with E-state index in [-0.39, 0.29) is 5.92 Å². The Morgan fingerprint density at radius 2 is 2.17 bits per heavy atom. The van der Waals surface area contributed by atoms with Gasteiger partial charge in [0.15, 0.2) is 0 Å². The summed E-state index contributed by atoms with van der Waals surface area (Å²) < 4.78 is 5.30. The van der Waals surface area contributed by atoms with Crippen LogP contribution in [0.2, 0.25) is 0 Å². The summed E-state index contributed by atoms with van der Waals surface area (Å²) in [5.41, 5.74) is 1.18. The molecule has 2 rings (SSSR count). The topological polar surface area (TPSA) is 32.7 Å². The van der Waals surface area contributed by atoms with Crippen LogP contribution >= 0.6 is 0 Å². The lowest BCUT2D eigenvalue weighted by atomic mass is 9.79. The summed E-state index contributed by atoms with van der Waals surface area (Å²) >= 11 is 0. The van der Waals surface area contributed by atoms with E-state index in [0.717, 1.165) is 49.1 Å². The number of aliphatic hydroxyl groups is 1. The molecule has 1 N–H and O–H groups in total. The molecule has 2 atom stereocenters. The van der Waals surface area contributed by atoms with Gasteiger partial charge in [-0.2, -0.15) is 0 Å². The van der Waals surface area contributed by atoms with Crippen LogP contribution in [0.25, 0.3) is 6.08 Å². The van der Waals surface area contributed by atoms with E-state index in [1.807, 2.05) is 24.3 Å². The molecule has 3 heteroatoms. The molecule has 0 bridgehead atoms. The van der Waals surface area contributed by atoms with Crippen molar-refractivity contribution in [2.45, 2.75) is 31.3 Å². The molecule has 126 valence electrons. The van der Waals surface area contributed by atoms with Crippen molar-refractivity contribution in [2.24, 2.45) is 5.92 Å². The van der Waals surface area contributed by atoms with Crippen molar-refractivity contribution in [3.05, 3.63) is 48.1 Å². The van der Waals surface area contributed by atoms with Crippen LogP contribution in [0.5, 0.6) is 5.75 Å². The van der Waals surface area contributed by atoms with Crippen molar-refractivity contribution in [3.63, 3.8) is 0 Å². The Kier molecular flexibility index (Phi) is 6.03. The third kappa shape index (κ3) is 4.24. The van der Waals surface area contributed by atoms with E-state index in [9.17, 15) is 5.11 Å². The Balaban J connectivity index is 2.39. The fourth-order valence-electron chi connectivity index (χ4n) is 3.48. The van der Waals surface area contributed by atoms with E-state index in [0.29, 0.717) is 0 Å². The molecular formula is C20H29NO2. The number of ether oxygens (including phenoxy) is 1. The summed E-state index contributed by atoms with van der Waals surface area (Å²) in [6.45, 7) is 4.81. The second-order valence-electron chi connectivity index (χ2n) is 6.68. The van der Waals surface area contributed by atoms with Gasteiger partial charge in [0.25, 0.3) is 0 Å². The maximum atomic E-state index is 11.4. The van der Waals surface area contributed by atoms with Gasteiger partial charge >= 0.3 is 0 Å². The Morgan fingerprint density at radius 3 is 2.83 bits per heavy atom. The summed E-state index contributed by atoms with van der Waals surface area (Å²) in [6, 6.07) is 7.96. The smallest absolute Gasteiger partial charge is 0.119 e. The SMILES string of the molecule is C=CC1(O)/C(=C/c2cccc(OC)c2)CCCCC1CN(C)C. The highest BCUT2D eigenvalue weighted by molar-refractivity contribution is 5.58. The van der Waals surface area contributed by atoms with E-state index in [4.69, 9.17) is 4.74 Å². The summed E-state index contributed by atoms with van der Waals surface area (Å²) in [4.78, 5) is 2.15. The molecule has 0 saturated heterocycles. The lowest BCUT2D eigenvalue weighted by Gasteiger charge is -2.36. The van der Waals surface area contributed by atoms with E-state index >= 15 is 0 Å². The molecule has 1 saturated carbocycles. The molecule has 23 heavy (non-hydrogen) atoms. The van der Waals surface area contributed by atoms with Gasteiger partial charge in [0, 0.05) is 12.5 Å². The minimum absolute atomic E-state index is 0.175. The van der Waals surface area contributed by atoms with Gasteiger partial charge in [-0.15, -0.1) is 0 Å². The molecule has 0 radical (unpaired) electrons. The van der Waals surface area contributed by atoms with Gasteiger partial charge in [0.1, 0.15) is 11.4 Å². The second kappa shape index (κ2) is 7.80. The number of nitrogens with zero attached hydrogens (tertiary/aromatic N) is 1. The first-order valence-electron chi connectivity index (χ1n) is 8.35. The van der Waals surface area contributed by atoms with E-state index in [2.05, 4.69) is 31.7 Å². The van der Waals surface area contributed by atoms with Gasteiger partial charge in [-0.3, -0.25) is 0 Å². The predicted octanol–water partition coefficient (Wildman–Crippen LogP) is 3.75. The molecule has 1 fully saturated rings. The first-order chi connectivity index (χ1) is 11.0. The molecule has 0 amide bonds. The van der Waals surface area contributed by atoms with Crippen molar-refractivity contribution in [2.75, 3.05) is 27.7 Å². The molecule has 0 spiro atoms. The van der Waals surface area contributed by atoms with Gasteiger partial charge in [-0.25, -0.2) is 0 Å². The molecule has 1 aromatic rings. The molecule has 0 aromatic heterocycles. The molecule has 3 nitrogen and oxygen atoms in total. The summed E-state index contributed by atoms with van der Waals surface area (Å²) in [6.07, 6.45) is 8.02. The Labute approximate surface area is 140 Å². The summed E-state index contributed by atoms with van der Waals surface area (Å²) in [7, 11) is 5.78. The molecule has 1 aliphatic rings. The van der Waals surface area contributed by atoms with Crippen LogP contribution in [0.3, 0.4) is 0 Å². The quantitative estimate of drug-likeness (QED) is 0.663. The zero-order valence-electron chi connectivity index (χ0n) is 14.6. The number of rotatable bonds is 5.